The second-order valence-corrected chi connectivity index (χ2v) is 9.22. The van der Waals surface area contributed by atoms with Crippen LogP contribution in [0.4, 0.5) is 0 Å². The van der Waals surface area contributed by atoms with Gasteiger partial charge in [0.1, 0.15) is 18.1 Å². The zero-order chi connectivity index (χ0) is 25.2. The average molecular weight is 457 g/mol. The number of carbonyl (C=O) groups excluding carboxylic acids is 3. The molecule has 7 atom stereocenters. The molecule has 0 aromatic heterocycles. The third-order valence-electron chi connectivity index (χ3n) is 6.38. The molecule has 186 valence electrons. The molecule has 3 amide bonds. The van der Waals surface area contributed by atoms with Gasteiger partial charge in [-0.2, -0.15) is 0 Å². The Bertz CT molecular complexity index is 640. The largest absolute Gasteiger partial charge is 0.480 e. The van der Waals surface area contributed by atoms with Crippen LogP contribution in [-0.4, -0.2) is 53.0 Å². The van der Waals surface area contributed by atoms with Crippen molar-refractivity contribution in [2.24, 2.45) is 29.4 Å². The first-order valence-electron chi connectivity index (χ1n) is 11.7. The summed E-state index contributed by atoms with van der Waals surface area (Å²) < 4.78 is 0. The fourth-order valence-electron chi connectivity index (χ4n) is 3.17. The van der Waals surface area contributed by atoms with E-state index in [-0.39, 0.29) is 23.7 Å². The maximum Gasteiger partial charge on any atom is 0.326 e. The molecule has 0 aromatic carbocycles. The lowest BCUT2D eigenvalue weighted by molar-refractivity contribution is -0.144. The second-order valence-electron chi connectivity index (χ2n) is 9.22. The highest BCUT2D eigenvalue weighted by Crippen LogP contribution is 2.14. The number of carbonyl (C=O) groups is 4. The van der Waals surface area contributed by atoms with Crippen LogP contribution in [-0.2, 0) is 19.2 Å². The van der Waals surface area contributed by atoms with Gasteiger partial charge in [0.15, 0.2) is 0 Å². The third-order valence-corrected chi connectivity index (χ3v) is 6.38. The molecule has 6 N–H and O–H groups in total. The van der Waals surface area contributed by atoms with Gasteiger partial charge in [-0.1, -0.05) is 74.7 Å². The van der Waals surface area contributed by atoms with Crippen LogP contribution in [0.15, 0.2) is 0 Å². The molecule has 7 unspecified atom stereocenters. The smallest absolute Gasteiger partial charge is 0.326 e. The fourth-order valence-corrected chi connectivity index (χ4v) is 3.17. The molecule has 9 heteroatoms. The first-order valence-corrected chi connectivity index (χ1v) is 11.7. The van der Waals surface area contributed by atoms with Crippen LogP contribution in [0.1, 0.15) is 74.7 Å². The highest BCUT2D eigenvalue weighted by molar-refractivity contribution is 5.94. The number of aliphatic carboxylic acids is 1. The average Bonchev–Trinajstić information content (AvgIpc) is 2.75. The van der Waals surface area contributed by atoms with Crippen LogP contribution in [0.5, 0.6) is 0 Å². The summed E-state index contributed by atoms with van der Waals surface area (Å²) in [7, 11) is 0. The lowest BCUT2D eigenvalue weighted by Crippen LogP contribution is -2.60. The number of hydrogen-bond donors (Lipinski definition) is 5. The standard InChI is InChI=1S/C23H44N4O5/c1-9-13(6)16(24)20(28)26-18(14(7)10-2)22(30)27-19(15(8)11-3)21(29)25-17(12(4)5)23(31)32/h12-19H,9-11,24H2,1-8H3,(H,25,29)(H,26,28)(H,27,30)(H,31,32). The van der Waals surface area contributed by atoms with Crippen molar-refractivity contribution in [2.45, 2.75) is 98.8 Å². The Kier molecular flexibility index (Phi) is 13.1. The minimum absolute atomic E-state index is 0.0433. The number of rotatable bonds is 14. The van der Waals surface area contributed by atoms with Gasteiger partial charge in [0, 0.05) is 0 Å². The summed E-state index contributed by atoms with van der Waals surface area (Å²) in [5.41, 5.74) is 6.03. The number of carboxylic acid groups (broad SMARTS) is 1. The van der Waals surface area contributed by atoms with E-state index in [0.717, 1.165) is 6.42 Å². The normalized spacial score (nSPS) is 17.9. The molecule has 9 nitrogen and oxygen atoms in total. The number of carboxylic acids is 1. The van der Waals surface area contributed by atoms with Crippen molar-refractivity contribution in [1.82, 2.24) is 16.0 Å². The quantitative estimate of drug-likeness (QED) is 0.268. The maximum atomic E-state index is 13.2. The van der Waals surface area contributed by atoms with Gasteiger partial charge in [0.2, 0.25) is 17.7 Å². The minimum Gasteiger partial charge on any atom is -0.480 e. The van der Waals surface area contributed by atoms with E-state index in [9.17, 15) is 24.3 Å². The van der Waals surface area contributed by atoms with Crippen LogP contribution in [0, 0.1) is 23.7 Å². The van der Waals surface area contributed by atoms with Crippen LogP contribution in [0.3, 0.4) is 0 Å². The number of hydrogen-bond acceptors (Lipinski definition) is 5. The van der Waals surface area contributed by atoms with E-state index in [1.807, 2.05) is 41.5 Å². The highest BCUT2D eigenvalue weighted by Gasteiger charge is 2.35. The lowest BCUT2D eigenvalue weighted by atomic mass is 9.93. The first-order chi connectivity index (χ1) is 14.8. The number of nitrogens with two attached hydrogens (primary N) is 1. The molecule has 0 aliphatic heterocycles. The van der Waals surface area contributed by atoms with Crippen molar-refractivity contribution in [3.8, 4) is 0 Å². The monoisotopic (exact) mass is 456 g/mol. The van der Waals surface area contributed by atoms with E-state index in [2.05, 4.69) is 16.0 Å². The predicted molar refractivity (Wildman–Crippen MR) is 125 cm³/mol. The molecule has 0 aliphatic carbocycles. The molecule has 0 saturated heterocycles. The van der Waals surface area contributed by atoms with Crippen LogP contribution in [0.25, 0.3) is 0 Å². The van der Waals surface area contributed by atoms with Crippen molar-refractivity contribution in [2.75, 3.05) is 0 Å². The summed E-state index contributed by atoms with van der Waals surface area (Å²) in [6.45, 7) is 14.7. The molecule has 0 rings (SSSR count). The summed E-state index contributed by atoms with van der Waals surface area (Å²) >= 11 is 0. The summed E-state index contributed by atoms with van der Waals surface area (Å²) in [6.07, 6.45) is 1.95. The van der Waals surface area contributed by atoms with E-state index in [1.54, 1.807) is 13.8 Å². The van der Waals surface area contributed by atoms with Gasteiger partial charge in [0.05, 0.1) is 6.04 Å². The van der Waals surface area contributed by atoms with Gasteiger partial charge in [0.25, 0.3) is 0 Å². The Labute approximate surface area is 192 Å². The van der Waals surface area contributed by atoms with Gasteiger partial charge >= 0.3 is 5.97 Å². The van der Waals surface area contributed by atoms with Crippen molar-refractivity contribution in [3.63, 3.8) is 0 Å². The molecule has 0 radical (unpaired) electrons. The third kappa shape index (κ3) is 8.76. The van der Waals surface area contributed by atoms with Crippen LogP contribution < -0.4 is 21.7 Å². The molecular weight excluding hydrogens is 412 g/mol. The molecule has 0 fully saturated rings. The second kappa shape index (κ2) is 14.1. The van der Waals surface area contributed by atoms with E-state index in [0.29, 0.717) is 12.8 Å². The molecule has 0 aromatic rings. The maximum absolute atomic E-state index is 13.2. The number of nitrogens with one attached hydrogen (secondary N) is 3. The summed E-state index contributed by atoms with van der Waals surface area (Å²) in [4.78, 5) is 50.2. The molecule has 0 heterocycles. The fraction of sp³-hybridized carbons (Fsp3) is 0.826. The topological polar surface area (TPSA) is 151 Å². The van der Waals surface area contributed by atoms with Gasteiger partial charge < -0.3 is 26.8 Å². The van der Waals surface area contributed by atoms with Crippen LogP contribution >= 0.6 is 0 Å². The molecule has 0 spiro atoms. The van der Waals surface area contributed by atoms with Gasteiger partial charge in [-0.05, 0) is 23.7 Å². The van der Waals surface area contributed by atoms with Gasteiger partial charge in [-0.25, -0.2) is 4.79 Å². The Morgan fingerprint density at radius 3 is 1.31 bits per heavy atom. The van der Waals surface area contributed by atoms with E-state index >= 15 is 0 Å². The molecular formula is C23H44N4O5. The summed E-state index contributed by atoms with van der Waals surface area (Å²) in [5.74, 6) is -3.37. The SMILES string of the molecule is CCC(C)C(N)C(=O)NC(C(=O)NC(C(=O)NC(C(=O)O)C(C)C)C(C)CC)C(C)CC. The molecule has 0 saturated carbocycles. The van der Waals surface area contributed by atoms with Gasteiger partial charge in [-0.3, -0.25) is 14.4 Å². The van der Waals surface area contributed by atoms with E-state index in [4.69, 9.17) is 5.73 Å². The minimum atomic E-state index is -1.13. The zero-order valence-corrected chi connectivity index (χ0v) is 20.9. The lowest BCUT2D eigenvalue weighted by Gasteiger charge is -2.31. The van der Waals surface area contributed by atoms with Gasteiger partial charge in [-0.15, -0.1) is 0 Å². The van der Waals surface area contributed by atoms with Crippen molar-refractivity contribution < 1.29 is 24.3 Å². The van der Waals surface area contributed by atoms with E-state index in [1.165, 1.54) is 0 Å². The Morgan fingerprint density at radius 2 is 1.00 bits per heavy atom. The molecule has 0 aliphatic rings. The van der Waals surface area contributed by atoms with Crippen molar-refractivity contribution in [1.29, 1.82) is 0 Å². The molecule has 0 bridgehead atoms. The Hall–Kier alpha value is -2.16. The summed E-state index contributed by atoms with van der Waals surface area (Å²) in [6, 6.07) is -3.60. The summed E-state index contributed by atoms with van der Waals surface area (Å²) in [5, 5.41) is 17.5. The van der Waals surface area contributed by atoms with Crippen molar-refractivity contribution >= 4 is 23.7 Å². The first kappa shape index (κ1) is 29.8. The number of amides is 3. The molecule has 32 heavy (non-hydrogen) atoms. The zero-order valence-electron chi connectivity index (χ0n) is 20.9. The van der Waals surface area contributed by atoms with E-state index < -0.39 is 47.9 Å². The predicted octanol–water partition coefficient (Wildman–Crippen LogP) is 1.65. The Morgan fingerprint density at radius 1 is 0.656 bits per heavy atom. The van der Waals surface area contributed by atoms with Crippen molar-refractivity contribution in [3.05, 3.63) is 0 Å². The Balaban J connectivity index is 5.65. The highest BCUT2D eigenvalue weighted by atomic mass is 16.4. The van der Waals surface area contributed by atoms with Crippen LogP contribution in [0.2, 0.25) is 0 Å².